The lowest BCUT2D eigenvalue weighted by Crippen LogP contribution is -2.38. The summed E-state index contributed by atoms with van der Waals surface area (Å²) in [5, 5.41) is 0. The summed E-state index contributed by atoms with van der Waals surface area (Å²) in [6.45, 7) is 4.42. The lowest BCUT2D eigenvalue weighted by molar-refractivity contribution is 0.0193. The SMILES string of the molecule is O=C(OCCN1CCOCC1)c1cc2occc2[nH]1.[HH]. The quantitative estimate of drug-likeness (QED) is 0.849. The molecular weight excluding hydrogens is 248 g/mol. The first kappa shape index (κ1) is 12.3. The minimum Gasteiger partial charge on any atom is -0.463 e. The molecule has 2 aromatic heterocycles. The number of fused-ring (bicyclic) bond motifs is 1. The van der Waals surface area contributed by atoms with Gasteiger partial charge < -0.3 is 18.9 Å². The number of hydrogen-bond acceptors (Lipinski definition) is 5. The average Bonchev–Trinajstić information content (AvgIpc) is 3.00. The molecule has 2 aromatic rings. The zero-order valence-corrected chi connectivity index (χ0v) is 10.6. The Morgan fingerprint density at radius 1 is 1.47 bits per heavy atom. The van der Waals surface area contributed by atoms with Gasteiger partial charge in [-0.05, 0) is 0 Å². The molecule has 0 aliphatic carbocycles. The monoisotopic (exact) mass is 266 g/mol. The van der Waals surface area contributed by atoms with Gasteiger partial charge in [0.2, 0.25) is 0 Å². The van der Waals surface area contributed by atoms with Gasteiger partial charge in [0.15, 0.2) is 5.58 Å². The first-order chi connectivity index (χ1) is 9.33. The van der Waals surface area contributed by atoms with Crippen molar-refractivity contribution < 1.29 is 20.1 Å². The van der Waals surface area contributed by atoms with Crippen LogP contribution in [0.3, 0.4) is 0 Å². The average molecular weight is 266 g/mol. The van der Waals surface area contributed by atoms with E-state index in [2.05, 4.69) is 9.88 Å². The second kappa shape index (κ2) is 5.46. The summed E-state index contributed by atoms with van der Waals surface area (Å²) in [5.41, 5.74) is 1.90. The maximum atomic E-state index is 11.8. The standard InChI is InChI=1S/C13H16N2O4.H2/c16-13(11-9-12-10(14-11)1-5-18-12)19-8-4-15-2-6-17-7-3-15;/h1,5,9,14H,2-4,6-8H2;1H. The van der Waals surface area contributed by atoms with E-state index < -0.39 is 0 Å². The summed E-state index contributed by atoms with van der Waals surface area (Å²) < 4.78 is 15.7. The van der Waals surface area contributed by atoms with Crippen molar-refractivity contribution in [3.8, 4) is 0 Å². The second-order valence-electron chi connectivity index (χ2n) is 4.47. The van der Waals surface area contributed by atoms with Crippen molar-refractivity contribution >= 4 is 17.1 Å². The van der Waals surface area contributed by atoms with Crippen LogP contribution in [0.4, 0.5) is 0 Å². The maximum Gasteiger partial charge on any atom is 0.354 e. The van der Waals surface area contributed by atoms with E-state index in [1.165, 1.54) is 0 Å². The Morgan fingerprint density at radius 3 is 3.11 bits per heavy atom. The Labute approximate surface area is 111 Å². The Bertz CT molecular complexity index is 531. The van der Waals surface area contributed by atoms with Gasteiger partial charge in [-0.3, -0.25) is 4.90 Å². The molecule has 19 heavy (non-hydrogen) atoms. The fourth-order valence-corrected chi connectivity index (χ4v) is 2.13. The highest BCUT2D eigenvalue weighted by Gasteiger charge is 2.14. The highest BCUT2D eigenvalue weighted by atomic mass is 16.5. The zero-order chi connectivity index (χ0) is 13.1. The molecule has 0 aromatic carbocycles. The lowest BCUT2D eigenvalue weighted by atomic mass is 10.4. The van der Waals surface area contributed by atoms with E-state index in [9.17, 15) is 4.79 Å². The predicted molar refractivity (Wildman–Crippen MR) is 70.2 cm³/mol. The normalized spacial score (nSPS) is 16.8. The van der Waals surface area contributed by atoms with Crippen molar-refractivity contribution in [3.05, 3.63) is 24.1 Å². The first-order valence-electron chi connectivity index (χ1n) is 6.36. The number of hydrogen-bond donors (Lipinski definition) is 1. The van der Waals surface area contributed by atoms with Crippen molar-refractivity contribution in [1.29, 1.82) is 0 Å². The van der Waals surface area contributed by atoms with Gasteiger partial charge in [0.05, 0.1) is 25.0 Å². The topological polar surface area (TPSA) is 67.7 Å². The molecule has 1 saturated heterocycles. The minimum atomic E-state index is -0.348. The molecule has 6 heteroatoms. The van der Waals surface area contributed by atoms with E-state index in [-0.39, 0.29) is 7.40 Å². The molecule has 1 fully saturated rings. The number of carbonyl (C=O) groups excluding carboxylic acids is 1. The molecule has 1 aliphatic rings. The smallest absolute Gasteiger partial charge is 0.354 e. The highest BCUT2D eigenvalue weighted by Crippen LogP contribution is 2.16. The number of carbonyl (C=O) groups is 1. The van der Waals surface area contributed by atoms with Gasteiger partial charge in [0.25, 0.3) is 0 Å². The first-order valence-corrected chi connectivity index (χ1v) is 6.36. The van der Waals surface area contributed by atoms with Crippen molar-refractivity contribution in [2.45, 2.75) is 0 Å². The Hall–Kier alpha value is -1.79. The number of furan rings is 1. The molecule has 1 aliphatic heterocycles. The van der Waals surface area contributed by atoms with Crippen LogP contribution in [0.5, 0.6) is 0 Å². The van der Waals surface area contributed by atoms with E-state index in [1.54, 1.807) is 18.4 Å². The van der Waals surface area contributed by atoms with Gasteiger partial charge in [-0.15, -0.1) is 0 Å². The van der Waals surface area contributed by atoms with Gasteiger partial charge in [-0.25, -0.2) is 4.79 Å². The molecule has 0 saturated carbocycles. The molecule has 0 atom stereocenters. The van der Waals surface area contributed by atoms with Crippen LogP contribution < -0.4 is 0 Å². The molecule has 0 spiro atoms. The van der Waals surface area contributed by atoms with Gasteiger partial charge in [0.1, 0.15) is 12.3 Å². The highest BCUT2D eigenvalue weighted by molar-refractivity contribution is 5.93. The van der Waals surface area contributed by atoms with E-state index in [1.807, 2.05) is 0 Å². The second-order valence-corrected chi connectivity index (χ2v) is 4.47. The van der Waals surface area contributed by atoms with Crippen molar-refractivity contribution in [2.24, 2.45) is 0 Å². The van der Waals surface area contributed by atoms with E-state index in [0.717, 1.165) is 38.4 Å². The number of aromatic amines is 1. The zero-order valence-electron chi connectivity index (χ0n) is 10.6. The van der Waals surface area contributed by atoms with Crippen molar-refractivity contribution in [3.63, 3.8) is 0 Å². The Kier molecular flexibility index (Phi) is 3.52. The Morgan fingerprint density at radius 2 is 2.32 bits per heavy atom. The third kappa shape index (κ3) is 2.80. The van der Waals surface area contributed by atoms with E-state index >= 15 is 0 Å². The molecule has 6 nitrogen and oxygen atoms in total. The van der Waals surface area contributed by atoms with E-state index in [4.69, 9.17) is 13.9 Å². The molecule has 0 bridgehead atoms. The van der Waals surface area contributed by atoms with Crippen LogP contribution in [-0.2, 0) is 9.47 Å². The summed E-state index contributed by atoms with van der Waals surface area (Å²) in [6.07, 6.45) is 1.58. The molecule has 3 heterocycles. The van der Waals surface area contributed by atoms with Crippen LogP contribution >= 0.6 is 0 Å². The number of esters is 1. The fraction of sp³-hybridized carbons (Fsp3) is 0.462. The lowest BCUT2D eigenvalue weighted by Gasteiger charge is -2.26. The number of ether oxygens (including phenoxy) is 2. The number of H-pyrrole nitrogens is 1. The van der Waals surface area contributed by atoms with Gasteiger partial charge in [-0.1, -0.05) is 0 Å². The van der Waals surface area contributed by atoms with Gasteiger partial charge in [0, 0.05) is 33.2 Å². The minimum absolute atomic E-state index is 0. The van der Waals surface area contributed by atoms with Gasteiger partial charge in [-0.2, -0.15) is 0 Å². The molecule has 0 radical (unpaired) electrons. The maximum absolute atomic E-state index is 11.8. The molecule has 0 unspecified atom stereocenters. The Balaban J connectivity index is 0.00000147. The molecular formula is C13H18N2O4. The van der Waals surface area contributed by atoms with Crippen LogP contribution in [-0.4, -0.2) is 55.3 Å². The third-order valence-electron chi connectivity index (χ3n) is 3.20. The van der Waals surface area contributed by atoms with Crippen LogP contribution in [0.2, 0.25) is 0 Å². The van der Waals surface area contributed by atoms with Crippen LogP contribution in [0.1, 0.15) is 11.9 Å². The molecule has 1 N–H and O–H groups in total. The van der Waals surface area contributed by atoms with Gasteiger partial charge >= 0.3 is 5.97 Å². The molecule has 3 rings (SSSR count). The molecule has 0 amide bonds. The van der Waals surface area contributed by atoms with Crippen LogP contribution in [0, 0.1) is 0 Å². The number of nitrogens with one attached hydrogen (secondary N) is 1. The summed E-state index contributed by atoms with van der Waals surface area (Å²) in [6, 6.07) is 3.44. The fourth-order valence-electron chi connectivity index (χ4n) is 2.13. The summed E-state index contributed by atoms with van der Waals surface area (Å²) in [5.74, 6) is -0.348. The summed E-state index contributed by atoms with van der Waals surface area (Å²) >= 11 is 0. The predicted octanol–water partition coefficient (Wildman–Crippen LogP) is 1.50. The van der Waals surface area contributed by atoms with E-state index in [0.29, 0.717) is 17.9 Å². The van der Waals surface area contributed by atoms with Crippen LogP contribution in [0.15, 0.2) is 22.8 Å². The van der Waals surface area contributed by atoms with Crippen LogP contribution in [0.25, 0.3) is 11.1 Å². The number of aromatic nitrogens is 1. The number of nitrogens with zero attached hydrogens (tertiary/aromatic N) is 1. The molecule has 104 valence electrons. The van der Waals surface area contributed by atoms with Crippen molar-refractivity contribution in [2.75, 3.05) is 39.5 Å². The number of rotatable bonds is 4. The number of morpholine rings is 1. The third-order valence-corrected chi connectivity index (χ3v) is 3.20. The van der Waals surface area contributed by atoms with Crippen molar-refractivity contribution in [1.82, 2.24) is 9.88 Å². The summed E-state index contributed by atoms with van der Waals surface area (Å²) in [4.78, 5) is 17.0. The summed E-state index contributed by atoms with van der Waals surface area (Å²) in [7, 11) is 0. The largest absolute Gasteiger partial charge is 0.463 e.